The average Bonchev–Trinajstić information content (AvgIpc) is 2.83. The van der Waals surface area contributed by atoms with E-state index in [-0.39, 0.29) is 23.8 Å². The van der Waals surface area contributed by atoms with Crippen molar-refractivity contribution < 1.29 is 28.7 Å². The maximum absolute atomic E-state index is 12.3. The summed E-state index contributed by atoms with van der Waals surface area (Å²) in [5, 5.41) is 18.9. The number of benzene rings is 1. The number of phenols is 1. The number of hydrogen-bond donors (Lipinski definition) is 2. The monoisotopic (exact) mass is 308 g/mol. The van der Waals surface area contributed by atoms with Crippen LogP contribution >= 0.6 is 0 Å². The number of carboxylic acids is 1. The predicted molar refractivity (Wildman–Crippen MR) is 77.6 cm³/mol. The first-order valence-corrected chi connectivity index (χ1v) is 7.19. The molecule has 2 saturated heterocycles. The van der Waals surface area contributed by atoms with E-state index in [9.17, 15) is 19.8 Å². The quantitative estimate of drug-likeness (QED) is 0.823. The number of ether oxygens (including phenoxy) is 1. The first kappa shape index (κ1) is 11.5. The summed E-state index contributed by atoms with van der Waals surface area (Å²) in [5.74, 6) is -2.93. The predicted octanol–water partition coefficient (Wildman–Crippen LogP) is 1.48. The van der Waals surface area contributed by atoms with Gasteiger partial charge in [-0.2, -0.15) is 0 Å². The van der Waals surface area contributed by atoms with Gasteiger partial charge in [0.25, 0.3) is 0 Å². The highest BCUT2D eigenvalue weighted by Gasteiger charge is 2.50. The molecule has 1 aromatic carbocycles. The second kappa shape index (κ2) is 5.61. The Kier molecular flexibility index (Phi) is 2.93. The number of nitrogens with zero attached hydrogens (tertiary/aromatic N) is 1. The fourth-order valence-electron chi connectivity index (χ4n) is 3.41. The number of carboxylic acid groups (broad SMARTS) is 1. The molecule has 6 heteroatoms. The molecule has 2 fully saturated rings. The fourth-order valence-corrected chi connectivity index (χ4v) is 3.41. The first-order chi connectivity index (χ1) is 11.7. The Morgan fingerprint density at radius 1 is 1.32 bits per heavy atom. The zero-order valence-corrected chi connectivity index (χ0v) is 11.8. The number of carbonyl (C=O) groups excluding carboxylic acids is 1. The highest BCUT2D eigenvalue weighted by molar-refractivity contribution is 5.90. The van der Waals surface area contributed by atoms with Crippen LogP contribution in [0.2, 0.25) is 0 Å². The molecule has 2 bridgehead atoms. The standard InChI is InChI=1S/C16H19NO5/c1-17-10-4-7-12(17)14(15(19)20)13(8-10)22-16(21)9-2-5-11(18)6-3-9/h2-3,5-6,10,12-14,18H,4,7-8H2,1H3,(H,19,20)/t10-,12+,13-,14+/m0/s1/i1D3. The van der Waals surface area contributed by atoms with Gasteiger partial charge >= 0.3 is 11.9 Å². The summed E-state index contributed by atoms with van der Waals surface area (Å²) in [6.45, 7) is -2.37. The maximum Gasteiger partial charge on any atom is 0.338 e. The van der Waals surface area contributed by atoms with E-state index in [1.165, 1.54) is 29.2 Å². The third-order valence-corrected chi connectivity index (χ3v) is 4.51. The van der Waals surface area contributed by atoms with E-state index in [1.807, 2.05) is 0 Å². The lowest BCUT2D eigenvalue weighted by molar-refractivity contribution is -0.152. The van der Waals surface area contributed by atoms with Crippen molar-refractivity contribution in [1.82, 2.24) is 4.90 Å². The van der Waals surface area contributed by atoms with E-state index in [0.29, 0.717) is 12.8 Å². The molecule has 0 radical (unpaired) electrons. The van der Waals surface area contributed by atoms with E-state index >= 15 is 0 Å². The topological polar surface area (TPSA) is 87.1 Å². The molecule has 22 heavy (non-hydrogen) atoms. The second-order valence-corrected chi connectivity index (χ2v) is 5.80. The average molecular weight is 308 g/mol. The van der Waals surface area contributed by atoms with Gasteiger partial charge < -0.3 is 14.9 Å². The van der Waals surface area contributed by atoms with Crippen molar-refractivity contribution in [3.8, 4) is 5.75 Å². The van der Waals surface area contributed by atoms with Crippen LogP contribution in [0, 0.1) is 5.92 Å². The smallest absolute Gasteiger partial charge is 0.338 e. The van der Waals surface area contributed by atoms with Crippen molar-refractivity contribution in [3.05, 3.63) is 29.8 Å². The van der Waals surface area contributed by atoms with Crippen LogP contribution < -0.4 is 0 Å². The number of hydrogen-bond acceptors (Lipinski definition) is 5. The van der Waals surface area contributed by atoms with Gasteiger partial charge in [-0.05, 0) is 44.1 Å². The molecular formula is C16H19NO5. The molecule has 3 rings (SSSR count). The van der Waals surface area contributed by atoms with Crippen LogP contribution in [0.4, 0.5) is 0 Å². The van der Waals surface area contributed by atoms with E-state index in [1.54, 1.807) is 0 Å². The molecule has 118 valence electrons. The Bertz CT molecular complexity index is 675. The minimum Gasteiger partial charge on any atom is -0.508 e. The Morgan fingerprint density at radius 2 is 2.05 bits per heavy atom. The molecule has 0 aromatic heterocycles. The Labute approximate surface area is 132 Å². The van der Waals surface area contributed by atoms with Crippen LogP contribution in [0.1, 0.15) is 33.7 Å². The summed E-state index contributed by atoms with van der Waals surface area (Å²) in [6.07, 6.45) is 0.318. The molecule has 2 N–H and O–H groups in total. The summed E-state index contributed by atoms with van der Waals surface area (Å²) in [5.41, 5.74) is 0.201. The maximum atomic E-state index is 12.3. The Hall–Kier alpha value is -2.08. The molecule has 0 unspecified atom stereocenters. The van der Waals surface area contributed by atoms with Crippen LogP contribution in [0.5, 0.6) is 5.75 Å². The molecule has 2 heterocycles. The van der Waals surface area contributed by atoms with Crippen molar-refractivity contribution in [2.24, 2.45) is 5.92 Å². The van der Waals surface area contributed by atoms with Crippen molar-refractivity contribution in [3.63, 3.8) is 0 Å². The minimum absolute atomic E-state index is 0.00370. The normalized spacial score (nSPS) is 33.5. The molecule has 0 spiro atoms. The lowest BCUT2D eigenvalue weighted by Gasteiger charge is -2.40. The minimum atomic E-state index is -2.37. The lowest BCUT2D eigenvalue weighted by atomic mass is 9.87. The summed E-state index contributed by atoms with van der Waals surface area (Å²) in [4.78, 5) is 25.3. The second-order valence-electron chi connectivity index (χ2n) is 5.80. The molecule has 0 aliphatic carbocycles. The molecule has 6 nitrogen and oxygen atoms in total. The Morgan fingerprint density at radius 3 is 2.68 bits per heavy atom. The SMILES string of the molecule is [2H]C([2H])([2H])N1[C@H]2CC[C@@H]1[C@@H](C(=O)O)[C@@H](OC(=O)c1ccc(O)cc1)C2. The number of carbonyl (C=O) groups is 2. The summed E-state index contributed by atoms with van der Waals surface area (Å²) >= 11 is 0. The van der Waals surface area contributed by atoms with Gasteiger partial charge in [0.15, 0.2) is 0 Å². The fraction of sp³-hybridized carbons (Fsp3) is 0.500. The van der Waals surface area contributed by atoms with E-state index in [4.69, 9.17) is 8.85 Å². The molecule has 0 amide bonds. The number of piperidine rings is 1. The van der Waals surface area contributed by atoms with Gasteiger partial charge in [-0.1, -0.05) is 0 Å². The van der Waals surface area contributed by atoms with Gasteiger partial charge in [-0.15, -0.1) is 0 Å². The number of fused-ring (bicyclic) bond motifs is 2. The molecule has 2 aliphatic heterocycles. The molecule has 2 aliphatic rings. The highest BCUT2D eigenvalue weighted by atomic mass is 16.5. The van der Waals surface area contributed by atoms with Crippen molar-refractivity contribution >= 4 is 11.9 Å². The van der Waals surface area contributed by atoms with E-state index in [2.05, 4.69) is 0 Å². The summed E-state index contributed by atoms with van der Waals surface area (Å²) in [6, 6.07) is 4.45. The lowest BCUT2D eigenvalue weighted by Crippen LogP contribution is -2.53. The van der Waals surface area contributed by atoms with Gasteiger partial charge in [0.1, 0.15) is 17.8 Å². The molecule has 1 aromatic rings. The number of aliphatic carboxylic acids is 1. The van der Waals surface area contributed by atoms with Crippen molar-refractivity contribution in [2.45, 2.75) is 37.5 Å². The van der Waals surface area contributed by atoms with E-state index in [0.717, 1.165) is 0 Å². The number of phenolic OH excluding ortho intramolecular Hbond substituents is 1. The summed E-state index contributed by atoms with van der Waals surface area (Å²) in [7, 11) is 0. The zero-order valence-electron chi connectivity index (χ0n) is 14.8. The molecule has 4 atom stereocenters. The van der Waals surface area contributed by atoms with Gasteiger partial charge in [-0.25, -0.2) is 4.79 Å². The largest absolute Gasteiger partial charge is 0.508 e. The number of rotatable bonds is 3. The first-order valence-electron chi connectivity index (χ1n) is 8.69. The van der Waals surface area contributed by atoms with Gasteiger partial charge in [-0.3, -0.25) is 9.69 Å². The Balaban J connectivity index is 1.81. The number of aromatic hydroxyl groups is 1. The van der Waals surface area contributed by atoms with Crippen molar-refractivity contribution in [2.75, 3.05) is 6.98 Å². The van der Waals surface area contributed by atoms with Crippen molar-refractivity contribution in [1.29, 1.82) is 0 Å². The van der Waals surface area contributed by atoms with Gasteiger partial charge in [0, 0.05) is 22.6 Å². The van der Waals surface area contributed by atoms with Crippen LogP contribution in [0.15, 0.2) is 24.3 Å². The van der Waals surface area contributed by atoms with Crippen LogP contribution in [-0.2, 0) is 9.53 Å². The zero-order chi connectivity index (χ0) is 18.4. The van der Waals surface area contributed by atoms with Crippen LogP contribution in [-0.4, -0.2) is 52.2 Å². The van der Waals surface area contributed by atoms with Crippen LogP contribution in [0.25, 0.3) is 0 Å². The molecular weight excluding hydrogens is 286 g/mol. The van der Waals surface area contributed by atoms with E-state index < -0.39 is 37.0 Å². The van der Waals surface area contributed by atoms with Gasteiger partial charge in [0.05, 0.1) is 5.56 Å². The van der Waals surface area contributed by atoms with Crippen LogP contribution in [0.3, 0.4) is 0 Å². The number of esters is 1. The third-order valence-electron chi connectivity index (χ3n) is 4.51. The summed E-state index contributed by atoms with van der Waals surface area (Å²) < 4.78 is 28.4. The van der Waals surface area contributed by atoms with Gasteiger partial charge in [0.2, 0.25) is 0 Å². The third kappa shape index (κ3) is 2.54. The molecule has 0 saturated carbocycles. The highest BCUT2D eigenvalue weighted by Crippen LogP contribution is 2.39.